The van der Waals surface area contributed by atoms with Crippen LogP contribution in [0.3, 0.4) is 0 Å². The van der Waals surface area contributed by atoms with Crippen molar-refractivity contribution < 1.29 is 14.4 Å². The number of carbonyl (C=O) groups excluding carboxylic acids is 3. The van der Waals surface area contributed by atoms with E-state index in [1.807, 2.05) is 36.1 Å². The average Bonchev–Trinajstić information content (AvgIpc) is 3.08. The van der Waals surface area contributed by atoms with E-state index < -0.39 is 6.04 Å². The molecule has 2 aromatic rings. The Morgan fingerprint density at radius 2 is 2.00 bits per heavy atom. The lowest BCUT2D eigenvalue weighted by molar-refractivity contribution is -0.139. The number of hydrogen-bond acceptors (Lipinski definition) is 5. The van der Waals surface area contributed by atoms with Gasteiger partial charge in [-0.05, 0) is 57.0 Å². The molecule has 3 saturated heterocycles. The van der Waals surface area contributed by atoms with Crippen molar-refractivity contribution in [3.63, 3.8) is 0 Å². The van der Waals surface area contributed by atoms with Crippen LogP contribution in [0.25, 0.3) is 17.0 Å². The van der Waals surface area contributed by atoms with Gasteiger partial charge in [-0.1, -0.05) is 12.1 Å². The number of nitrogens with one attached hydrogen (secondary N) is 2. The van der Waals surface area contributed by atoms with Crippen LogP contribution in [0.4, 0.5) is 0 Å². The van der Waals surface area contributed by atoms with Gasteiger partial charge in [-0.25, -0.2) is 0 Å². The molecule has 162 valence electrons. The third-order valence-corrected chi connectivity index (χ3v) is 6.88. The number of rotatable bonds is 3. The lowest BCUT2D eigenvalue weighted by Crippen LogP contribution is -2.61. The molecule has 0 saturated carbocycles. The van der Waals surface area contributed by atoms with E-state index in [2.05, 4.69) is 15.7 Å². The molecule has 3 aliphatic heterocycles. The molecule has 4 heterocycles. The number of carbonyl (C=O) groups is 3. The van der Waals surface area contributed by atoms with E-state index in [9.17, 15) is 14.4 Å². The number of amides is 3. The van der Waals surface area contributed by atoms with Crippen molar-refractivity contribution in [3.05, 3.63) is 35.5 Å². The maximum Gasteiger partial charge on any atom is 0.251 e. The Labute approximate surface area is 180 Å². The van der Waals surface area contributed by atoms with Crippen molar-refractivity contribution >= 4 is 34.7 Å². The SMILES string of the molecule is Cc1nn(C2CCC(=O)NC2=O)c2cccc(/C=C/C(=O)N3CC4(CCNCC4)C3)c12. The summed E-state index contributed by atoms with van der Waals surface area (Å²) in [7, 11) is 0. The molecule has 5 rings (SSSR count). The molecular weight excluding hydrogens is 394 g/mol. The number of fused-ring (bicyclic) bond motifs is 1. The minimum Gasteiger partial charge on any atom is -0.338 e. The Balaban J connectivity index is 1.36. The van der Waals surface area contributed by atoms with Gasteiger partial charge < -0.3 is 10.2 Å². The van der Waals surface area contributed by atoms with Crippen molar-refractivity contribution in [2.45, 2.75) is 38.6 Å². The van der Waals surface area contributed by atoms with E-state index in [1.165, 1.54) is 0 Å². The molecule has 0 radical (unpaired) electrons. The average molecular weight is 422 g/mol. The molecule has 1 aromatic carbocycles. The van der Waals surface area contributed by atoms with E-state index in [0.29, 0.717) is 18.3 Å². The molecule has 3 amide bonds. The summed E-state index contributed by atoms with van der Waals surface area (Å²) in [4.78, 5) is 38.4. The third-order valence-electron chi connectivity index (χ3n) is 6.88. The molecule has 1 aromatic heterocycles. The van der Waals surface area contributed by atoms with Gasteiger partial charge in [0.25, 0.3) is 5.91 Å². The maximum absolute atomic E-state index is 12.7. The van der Waals surface area contributed by atoms with Crippen LogP contribution in [0, 0.1) is 12.3 Å². The van der Waals surface area contributed by atoms with Gasteiger partial charge in [0.2, 0.25) is 11.8 Å². The van der Waals surface area contributed by atoms with Gasteiger partial charge in [-0.15, -0.1) is 0 Å². The highest BCUT2D eigenvalue weighted by Crippen LogP contribution is 2.38. The summed E-state index contributed by atoms with van der Waals surface area (Å²) in [6.07, 6.45) is 6.51. The molecule has 3 aliphatic rings. The first kappa shape index (κ1) is 19.9. The number of imide groups is 1. The van der Waals surface area contributed by atoms with Crippen molar-refractivity contribution in [1.29, 1.82) is 0 Å². The highest BCUT2D eigenvalue weighted by atomic mass is 16.2. The standard InChI is InChI=1S/C23H27N5O3/c1-15-21-16(5-8-20(30)27-13-23(14-27)9-11-24-12-10-23)3-2-4-17(21)28(26-15)18-6-7-19(29)25-22(18)31/h2-5,8,18,24H,6-7,9-14H2,1H3,(H,25,29,31)/b8-5+. The van der Waals surface area contributed by atoms with Crippen molar-refractivity contribution in [3.8, 4) is 0 Å². The molecule has 1 unspecified atom stereocenters. The number of hydrogen-bond donors (Lipinski definition) is 2. The largest absolute Gasteiger partial charge is 0.338 e. The predicted octanol–water partition coefficient (Wildman–Crippen LogP) is 1.55. The Morgan fingerprint density at radius 3 is 2.74 bits per heavy atom. The number of likely N-dealkylation sites (tertiary alicyclic amines) is 1. The molecular formula is C23H27N5O3. The first-order valence-electron chi connectivity index (χ1n) is 11.0. The van der Waals surface area contributed by atoms with E-state index in [4.69, 9.17) is 0 Å². The van der Waals surface area contributed by atoms with Crippen LogP contribution in [0.1, 0.15) is 43.0 Å². The van der Waals surface area contributed by atoms with Crippen LogP contribution in [-0.2, 0) is 14.4 Å². The van der Waals surface area contributed by atoms with Gasteiger partial charge in [-0.3, -0.25) is 24.4 Å². The second-order valence-corrected chi connectivity index (χ2v) is 9.02. The van der Waals surface area contributed by atoms with Gasteiger partial charge in [0.15, 0.2) is 0 Å². The van der Waals surface area contributed by atoms with Gasteiger partial charge in [0, 0.05) is 36.4 Å². The Morgan fingerprint density at radius 1 is 1.23 bits per heavy atom. The molecule has 31 heavy (non-hydrogen) atoms. The van der Waals surface area contributed by atoms with E-state index >= 15 is 0 Å². The van der Waals surface area contributed by atoms with Crippen LogP contribution in [0.5, 0.6) is 0 Å². The Kier molecular flexibility index (Phi) is 4.89. The van der Waals surface area contributed by atoms with Gasteiger partial charge in [-0.2, -0.15) is 5.10 Å². The number of nitrogens with zero attached hydrogens (tertiary/aromatic N) is 3. The Bertz CT molecular complexity index is 1090. The molecule has 0 aliphatic carbocycles. The molecule has 1 atom stereocenters. The maximum atomic E-state index is 12.7. The van der Waals surface area contributed by atoms with E-state index in [1.54, 1.807) is 10.8 Å². The topological polar surface area (TPSA) is 96.3 Å². The van der Waals surface area contributed by atoms with Gasteiger partial charge in [0.1, 0.15) is 6.04 Å². The molecule has 0 bridgehead atoms. The zero-order chi connectivity index (χ0) is 21.6. The molecule has 3 fully saturated rings. The van der Waals surface area contributed by atoms with Crippen LogP contribution in [0.2, 0.25) is 0 Å². The third kappa shape index (κ3) is 3.54. The minimum atomic E-state index is -0.503. The second kappa shape index (κ2) is 7.60. The van der Waals surface area contributed by atoms with Crippen molar-refractivity contribution in [1.82, 2.24) is 25.3 Å². The molecule has 2 N–H and O–H groups in total. The fourth-order valence-electron chi connectivity index (χ4n) is 5.16. The minimum absolute atomic E-state index is 0.0383. The summed E-state index contributed by atoms with van der Waals surface area (Å²) in [6, 6.07) is 5.29. The Hall–Kier alpha value is -3.00. The van der Waals surface area contributed by atoms with Gasteiger partial charge in [0.05, 0.1) is 11.2 Å². The fraction of sp³-hybridized carbons (Fsp3) is 0.478. The lowest BCUT2D eigenvalue weighted by Gasteiger charge is -2.52. The first-order chi connectivity index (χ1) is 15.0. The van der Waals surface area contributed by atoms with Crippen LogP contribution < -0.4 is 10.6 Å². The predicted molar refractivity (Wildman–Crippen MR) is 116 cm³/mol. The summed E-state index contributed by atoms with van der Waals surface area (Å²) >= 11 is 0. The monoisotopic (exact) mass is 421 g/mol. The quantitative estimate of drug-likeness (QED) is 0.579. The summed E-state index contributed by atoms with van der Waals surface area (Å²) in [5, 5.41) is 11.3. The van der Waals surface area contributed by atoms with Gasteiger partial charge >= 0.3 is 0 Å². The number of benzene rings is 1. The first-order valence-corrected chi connectivity index (χ1v) is 11.0. The lowest BCUT2D eigenvalue weighted by atomic mass is 9.72. The van der Waals surface area contributed by atoms with E-state index in [-0.39, 0.29) is 17.7 Å². The van der Waals surface area contributed by atoms with E-state index in [0.717, 1.165) is 61.2 Å². The van der Waals surface area contributed by atoms with Crippen molar-refractivity contribution in [2.24, 2.45) is 5.41 Å². The number of piperidine rings is 2. The summed E-state index contributed by atoms with van der Waals surface area (Å²) in [5.74, 6) is -0.522. The zero-order valence-electron chi connectivity index (χ0n) is 17.7. The molecule has 8 nitrogen and oxygen atoms in total. The number of aryl methyl sites for hydroxylation is 1. The van der Waals surface area contributed by atoms with Crippen LogP contribution in [-0.4, -0.2) is 58.6 Å². The molecule has 1 spiro atoms. The second-order valence-electron chi connectivity index (χ2n) is 9.02. The fourth-order valence-corrected chi connectivity index (χ4v) is 5.16. The highest BCUT2D eigenvalue weighted by molar-refractivity contribution is 6.01. The van der Waals surface area contributed by atoms with Crippen molar-refractivity contribution in [2.75, 3.05) is 26.2 Å². The smallest absolute Gasteiger partial charge is 0.251 e. The summed E-state index contributed by atoms with van der Waals surface area (Å²) < 4.78 is 1.71. The normalized spacial score (nSPS) is 23.4. The zero-order valence-corrected chi connectivity index (χ0v) is 17.7. The summed E-state index contributed by atoms with van der Waals surface area (Å²) in [5.41, 5.74) is 2.84. The summed E-state index contributed by atoms with van der Waals surface area (Å²) in [6.45, 7) is 5.66. The number of aromatic nitrogens is 2. The highest BCUT2D eigenvalue weighted by Gasteiger charge is 2.44. The molecule has 8 heteroatoms. The van der Waals surface area contributed by atoms with Crippen LogP contribution in [0.15, 0.2) is 24.3 Å². The van der Waals surface area contributed by atoms with Crippen LogP contribution >= 0.6 is 0 Å².